The summed E-state index contributed by atoms with van der Waals surface area (Å²) in [5.74, 6) is -0.222. The Balaban J connectivity index is 2.78. The summed E-state index contributed by atoms with van der Waals surface area (Å²) >= 11 is 0. The molecule has 0 unspecified atom stereocenters. The van der Waals surface area contributed by atoms with Crippen LogP contribution in [0.3, 0.4) is 0 Å². The molecule has 18 heavy (non-hydrogen) atoms. The Hall–Kier alpha value is -0.960. The van der Waals surface area contributed by atoms with Crippen LogP contribution in [0.15, 0.2) is 24.3 Å². The van der Waals surface area contributed by atoms with Gasteiger partial charge in [0.05, 0.1) is 13.2 Å². The van der Waals surface area contributed by atoms with Gasteiger partial charge in [-0.3, -0.25) is 9.36 Å². The molecule has 0 aliphatic heterocycles. The lowest BCUT2D eigenvalue weighted by Gasteiger charge is -2.16. The average molecular weight is 270 g/mol. The molecule has 1 aromatic rings. The van der Waals surface area contributed by atoms with E-state index in [0.29, 0.717) is 5.56 Å². The molecule has 0 saturated carbocycles. The van der Waals surface area contributed by atoms with E-state index in [2.05, 4.69) is 0 Å². The molecule has 0 atom stereocenters. The van der Waals surface area contributed by atoms with Gasteiger partial charge in [0.1, 0.15) is 6.16 Å². The van der Waals surface area contributed by atoms with Crippen molar-refractivity contribution in [3.05, 3.63) is 35.4 Å². The topological polar surface area (TPSA) is 52.6 Å². The number of carbonyl (C=O) groups excluding carboxylic acids is 1. The highest BCUT2D eigenvalue weighted by molar-refractivity contribution is 7.54. The van der Waals surface area contributed by atoms with Crippen molar-refractivity contribution in [1.29, 1.82) is 0 Å². The molecule has 0 aromatic heterocycles. The molecule has 1 rings (SSSR count). The zero-order valence-corrected chi connectivity index (χ0v) is 11.9. The lowest BCUT2D eigenvalue weighted by atomic mass is 10.1. The van der Waals surface area contributed by atoms with Crippen LogP contribution in [0.5, 0.6) is 0 Å². The Morgan fingerprint density at radius 1 is 1.11 bits per heavy atom. The van der Waals surface area contributed by atoms with E-state index in [1.54, 1.807) is 26.0 Å². The zero-order valence-electron chi connectivity index (χ0n) is 11.0. The highest BCUT2D eigenvalue weighted by Gasteiger charge is 2.27. The van der Waals surface area contributed by atoms with Crippen molar-refractivity contribution in [2.45, 2.75) is 20.8 Å². The molecule has 4 nitrogen and oxygen atoms in total. The Labute approximate surface area is 108 Å². The van der Waals surface area contributed by atoms with Crippen LogP contribution in [0.4, 0.5) is 0 Å². The molecule has 0 heterocycles. The molecule has 5 heteroatoms. The first kappa shape index (κ1) is 15.1. The summed E-state index contributed by atoms with van der Waals surface area (Å²) in [5.41, 5.74) is 1.60. The van der Waals surface area contributed by atoms with Crippen LogP contribution in [0.1, 0.15) is 29.8 Å². The molecule has 100 valence electrons. The summed E-state index contributed by atoms with van der Waals surface area (Å²) in [5, 5.41) is 0. The summed E-state index contributed by atoms with van der Waals surface area (Å²) < 4.78 is 22.4. The van der Waals surface area contributed by atoms with Crippen LogP contribution in [-0.4, -0.2) is 25.2 Å². The van der Waals surface area contributed by atoms with Gasteiger partial charge in [-0.25, -0.2) is 0 Å². The van der Waals surface area contributed by atoms with Gasteiger partial charge in [0, 0.05) is 5.56 Å². The Morgan fingerprint density at radius 3 is 2.06 bits per heavy atom. The molecule has 0 N–H and O–H groups in total. The molecule has 0 aliphatic rings. The second kappa shape index (κ2) is 6.83. The monoisotopic (exact) mass is 270 g/mol. The maximum Gasteiger partial charge on any atom is 0.338 e. The van der Waals surface area contributed by atoms with E-state index in [9.17, 15) is 9.36 Å². The van der Waals surface area contributed by atoms with Crippen LogP contribution in [0, 0.1) is 6.92 Å². The van der Waals surface area contributed by atoms with Crippen LogP contribution in [0.2, 0.25) is 0 Å². The standard InChI is InChI=1S/C13H19O4P/c1-4-16-18(15,17-5-2)10-13(14)12-8-6-11(3)7-9-12/h6-9H,4-5,10H2,1-3H3. The number of rotatable bonds is 7. The Bertz CT molecular complexity index is 429. The van der Waals surface area contributed by atoms with Gasteiger partial charge in [-0.2, -0.15) is 0 Å². The van der Waals surface area contributed by atoms with Crippen LogP contribution >= 0.6 is 7.60 Å². The fourth-order valence-corrected chi connectivity index (χ4v) is 3.11. The minimum atomic E-state index is -3.30. The van der Waals surface area contributed by atoms with Crippen molar-refractivity contribution in [3.8, 4) is 0 Å². The fraction of sp³-hybridized carbons (Fsp3) is 0.462. The number of hydrogen-bond donors (Lipinski definition) is 0. The van der Waals surface area contributed by atoms with Gasteiger partial charge in [0.25, 0.3) is 0 Å². The van der Waals surface area contributed by atoms with E-state index in [4.69, 9.17) is 9.05 Å². The van der Waals surface area contributed by atoms with E-state index >= 15 is 0 Å². The molecule has 0 saturated heterocycles. The molecule has 0 fully saturated rings. The number of aryl methyl sites for hydroxylation is 1. The van der Waals surface area contributed by atoms with Crippen LogP contribution < -0.4 is 0 Å². The third kappa shape index (κ3) is 4.37. The van der Waals surface area contributed by atoms with Crippen molar-refractivity contribution in [2.24, 2.45) is 0 Å². The van der Waals surface area contributed by atoms with Gasteiger partial charge < -0.3 is 9.05 Å². The first-order valence-electron chi connectivity index (χ1n) is 5.98. The summed E-state index contributed by atoms with van der Waals surface area (Å²) in [6, 6.07) is 7.14. The van der Waals surface area contributed by atoms with Gasteiger partial charge in [-0.1, -0.05) is 29.8 Å². The Morgan fingerprint density at radius 2 is 1.61 bits per heavy atom. The minimum Gasteiger partial charge on any atom is -0.309 e. The molecular weight excluding hydrogens is 251 g/mol. The second-order valence-electron chi connectivity index (χ2n) is 3.89. The molecule has 0 aliphatic carbocycles. The third-order valence-corrected chi connectivity index (χ3v) is 4.34. The lowest BCUT2D eigenvalue weighted by Crippen LogP contribution is -2.10. The Kier molecular flexibility index (Phi) is 5.73. The lowest BCUT2D eigenvalue weighted by molar-refractivity contribution is 0.100. The van der Waals surface area contributed by atoms with Crippen molar-refractivity contribution in [3.63, 3.8) is 0 Å². The quantitative estimate of drug-likeness (QED) is 0.562. The van der Waals surface area contributed by atoms with Gasteiger partial charge in [0.2, 0.25) is 0 Å². The average Bonchev–Trinajstić information content (AvgIpc) is 2.30. The van der Waals surface area contributed by atoms with Crippen molar-refractivity contribution in [2.75, 3.05) is 19.4 Å². The first-order valence-corrected chi connectivity index (χ1v) is 7.71. The molecular formula is C13H19O4P. The number of Topliss-reactive ketones (excluding diaryl/α,β-unsaturated/α-hetero) is 1. The smallest absolute Gasteiger partial charge is 0.309 e. The first-order chi connectivity index (χ1) is 8.50. The predicted molar refractivity (Wildman–Crippen MR) is 71.2 cm³/mol. The molecule has 0 amide bonds. The number of hydrogen-bond acceptors (Lipinski definition) is 4. The summed E-state index contributed by atoms with van der Waals surface area (Å²) in [4.78, 5) is 12.0. The highest BCUT2D eigenvalue weighted by Crippen LogP contribution is 2.48. The van der Waals surface area contributed by atoms with Gasteiger partial charge in [-0.15, -0.1) is 0 Å². The SMILES string of the molecule is CCOP(=O)(CC(=O)c1ccc(C)cc1)OCC. The van der Waals surface area contributed by atoms with E-state index in [-0.39, 0.29) is 25.2 Å². The molecule has 1 aromatic carbocycles. The van der Waals surface area contributed by atoms with Crippen LogP contribution in [0.25, 0.3) is 0 Å². The van der Waals surface area contributed by atoms with E-state index < -0.39 is 7.60 Å². The van der Waals surface area contributed by atoms with Crippen molar-refractivity contribution >= 4 is 13.4 Å². The van der Waals surface area contributed by atoms with Crippen molar-refractivity contribution in [1.82, 2.24) is 0 Å². The van der Waals surface area contributed by atoms with Gasteiger partial charge >= 0.3 is 7.60 Å². The maximum absolute atomic E-state index is 12.2. The zero-order chi connectivity index (χ0) is 13.6. The number of carbonyl (C=O) groups is 1. The number of ketones is 1. The number of benzene rings is 1. The molecule has 0 radical (unpaired) electrons. The predicted octanol–water partition coefficient (Wildman–Crippen LogP) is 3.44. The normalized spacial score (nSPS) is 11.5. The van der Waals surface area contributed by atoms with Gasteiger partial charge in [-0.05, 0) is 20.8 Å². The maximum atomic E-state index is 12.2. The van der Waals surface area contributed by atoms with E-state index in [0.717, 1.165) is 5.56 Å². The highest BCUT2D eigenvalue weighted by atomic mass is 31.2. The third-order valence-electron chi connectivity index (χ3n) is 2.36. The van der Waals surface area contributed by atoms with Crippen LogP contribution in [-0.2, 0) is 13.6 Å². The van der Waals surface area contributed by atoms with Gasteiger partial charge in [0.15, 0.2) is 5.78 Å². The fourth-order valence-electron chi connectivity index (χ4n) is 1.53. The van der Waals surface area contributed by atoms with E-state index in [1.807, 2.05) is 19.1 Å². The molecule has 0 bridgehead atoms. The summed E-state index contributed by atoms with van der Waals surface area (Å²) in [6.07, 6.45) is -0.211. The van der Waals surface area contributed by atoms with E-state index in [1.165, 1.54) is 0 Å². The summed E-state index contributed by atoms with van der Waals surface area (Å²) in [6.45, 7) is 5.92. The van der Waals surface area contributed by atoms with Crippen molar-refractivity contribution < 1.29 is 18.4 Å². The minimum absolute atomic E-state index is 0.211. The molecule has 0 spiro atoms. The second-order valence-corrected chi connectivity index (χ2v) is 5.95. The largest absolute Gasteiger partial charge is 0.338 e. The summed E-state index contributed by atoms with van der Waals surface area (Å²) in [7, 11) is -3.30.